The third-order valence-electron chi connectivity index (χ3n) is 5.38. The van der Waals surface area contributed by atoms with Crippen LogP contribution in [-0.2, 0) is 11.3 Å². The topological polar surface area (TPSA) is 58.4 Å². The Hall–Kier alpha value is -1.39. The summed E-state index contributed by atoms with van der Waals surface area (Å²) in [6.07, 6.45) is 4.58. The molecule has 1 aromatic carbocycles. The minimum atomic E-state index is -0.427. The highest BCUT2D eigenvalue weighted by molar-refractivity contribution is 5.82. The van der Waals surface area contributed by atoms with Crippen LogP contribution in [0.25, 0.3) is 0 Å². The number of hydrogen-bond acceptors (Lipinski definition) is 3. The van der Waals surface area contributed by atoms with E-state index >= 15 is 0 Å². The van der Waals surface area contributed by atoms with Crippen LogP contribution in [0.15, 0.2) is 30.3 Å². The first-order chi connectivity index (χ1) is 11.9. The van der Waals surface area contributed by atoms with Gasteiger partial charge in [0.1, 0.15) is 0 Å². The Balaban J connectivity index is 2.11. The Kier molecular flexibility index (Phi) is 7.45. The molecule has 4 nitrogen and oxygen atoms in total. The van der Waals surface area contributed by atoms with Gasteiger partial charge in [0.2, 0.25) is 5.91 Å². The van der Waals surface area contributed by atoms with Crippen LogP contribution >= 0.6 is 0 Å². The van der Waals surface area contributed by atoms with Crippen LogP contribution in [-0.4, -0.2) is 35.0 Å². The molecule has 140 valence electrons. The van der Waals surface area contributed by atoms with Crippen LogP contribution in [0.5, 0.6) is 0 Å². The minimum Gasteiger partial charge on any atom is -0.350 e. The Morgan fingerprint density at radius 2 is 1.80 bits per heavy atom. The van der Waals surface area contributed by atoms with Crippen molar-refractivity contribution in [3.05, 3.63) is 35.9 Å². The summed E-state index contributed by atoms with van der Waals surface area (Å²) < 4.78 is 0. The number of rotatable bonds is 7. The summed E-state index contributed by atoms with van der Waals surface area (Å²) in [6.45, 7) is 9.41. The third kappa shape index (κ3) is 5.55. The van der Waals surface area contributed by atoms with Gasteiger partial charge < -0.3 is 11.1 Å². The first-order valence-electron chi connectivity index (χ1n) is 9.75. The quantitative estimate of drug-likeness (QED) is 0.797. The van der Waals surface area contributed by atoms with E-state index in [1.165, 1.54) is 18.4 Å². The fourth-order valence-corrected chi connectivity index (χ4v) is 3.74. The molecule has 1 amide bonds. The summed E-state index contributed by atoms with van der Waals surface area (Å²) in [5.74, 6) is 0.155. The lowest BCUT2D eigenvalue weighted by atomic mass is 9.87. The zero-order chi connectivity index (χ0) is 18.4. The molecule has 1 aliphatic rings. The van der Waals surface area contributed by atoms with Gasteiger partial charge in [0.05, 0.1) is 6.04 Å². The van der Waals surface area contributed by atoms with Crippen molar-refractivity contribution < 1.29 is 4.79 Å². The number of nitrogens with zero attached hydrogens (tertiary/aromatic N) is 1. The summed E-state index contributed by atoms with van der Waals surface area (Å²) in [5, 5.41) is 3.27. The maximum atomic E-state index is 12.5. The van der Waals surface area contributed by atoms with Crippen molar-refractivity contribution in [3.63, 3.8) is 0 Å². The molecular weight excluding hydrogens is 310 g/mol. The highest BCUT2D eigenvalue weighted by atomic mass is 16.2. The molecule has 2 rings (SSSR count). The molecule has 0 bridgehead atoms. The Morgan fingerprint density at radius 3 is 2.40 bits per heavy atom. The van der Waals surface area contributed by atoms with Crippen LogP contribution < -0.4 is 11.1 Å². The van der Waals surface area contributed by atoms with Crippen molar-refractivity contribution in [1.29, 1.82) is 0 Å². The lowest BCUT2D eigenvalue weighted by molar-refractivity contribution is -0.124. The number of carbonyl (C=O) groups is 1. The Labute approximate surface area is 153 Å². The Bertz CT molecular complexity index is 529. The number of amides is 1. The second-order valence-corrected chi connectivity index (χ2v) is 7.99. The predicted octanol–water partition coefficient (Wildman–Crippen LogP) is 3.31. The highest BCUT2D eigenvalue weighted by Crippen LogP contribution is 2.26. The van der Waals surface area contributed by atoms with Gasteiger partial charge in [-0.25, -0.2) is 0 Å². The lowest BCUT2D eigenvalue weighted by Gasteiger charge is -2.43. The number of nitrogens with one attached hydrogen (secondary N) is 1. The molecule has 0 unspecified atom stereocenters. The molecule has 3 N–H and O–H groups in total. The first kappa shape index (κ1) is 19.9. The molecule has 4 heteroatoms. The summed E-state index contributed by atoms with van der Waals surface area (Å²) in [4.78, 5) is 15.0. The average molecular weight is 346 g/mol. The summed E-state index contributed by atoms with van der Waals surface area (Å²) >= 11 is 0. The maximum Gasteiger partial charge on any atom is 0.237 e. The van der Waals surface area contributed by atoms with E-state index in [1.54, 1.807) is 0 Å². The average Bonchev–Trinajstić information content (AvgIpc) is 2.60. The zero-order valence-corrected chi connectivity index (χ0v) is 16.2. The number of nitrogens with two attached hydrogens (primary N) is 1. The van der Waals surface area contributed by atoms with Crippen LogP contribution in [0.4, 0.5) is 0 Å². The van der Waals surface area contributed by atoms with Gasteiger partial charge >= 0.3 is 0 Å². The fraction of sp³-hybridized carbons (Fsp3) is 0.667. The van der Waals surface area contributed by atoms with Crippen LogP contribution in [0.3, 0.4) is 0 Å². The maximum absolute atomic E-state index is 12.5. The van der Waals surface area contributed by atoms with E-state index in [9.17, 15) is 4.79 Å². The fourth-order valence-electron chi connectivity index (χ4n) is 3.74. The molecule has 25 heavy (non-hydrogen) atoms. The van der Waals surface area contributed by atoms with Crippen molar-refractivity contribution in [2.24, 2.45) is 11.7 Å². The van der Waals surface area contributed by atoms with E-state index in [4.69, 9.17) is 5.73 Å². The molecule has 1 aliphatic carbocycles. The summed E-state index contributed by atoms with van der Waals surface area (Å²) in [7, 11) is 0. The minimum absolute atomic E-state index is 0.00434. The largest absolute Gasteiger partial charge is 0.350 e. The van der Waals surface area contributed by atoms with Gasteiger partial charge in [0, 0.05) is 24.7 Å². The van der Waals surface area contributed by atoms with Gasteiger partial charge in [0.15, 0.2) is 0 Å². The van der Waals surface area contributed by atoms with Crippen molar-refractivity contribution in [1.82, 2.24) is 10.2 Å². The van der Waals surface area contributed by atoms with Crippen LogP contribution in [0.1, 0.15) is 58.9 Å². The smallest absolute Gasteiger partial charge is 0.237 e. The molecule has 0 aliphatic heterocycles. The van der Waals surface area contributed by atoms with E-state index in [1.807, 2.05) is 13.8 Å². The SMILES string of the molecule is CC(C)[C@H](N)C(=O)N[C@H]1CCCC[C@@H]1N(Cc1ccccc1)C(C)C. The Morgan fingerprint density at radius 1 is 1.16 bits per heavy atom. The molecule has 1 saturated carbocycles. The van der Waals surface area contributed by atoms with Crippen molar-refractivity contribution in [2.75, 3.05) is 0 Å². The van der Waals surface area contributed by atoms with Gasteiger partial charge in [-0.2, -0.15) is 0 Å². The van der Waals surface area contributed by atoms with E-state index in [-0.39, 0.29) is 17.9 Å². The van der Waals surface area contributed by atoms with E-state index in [0.717, 1.165) is 19.4 Å². The standard InChI is InChI=1S/C21H35N3O/c1-15(2)20(22)21(25)23-18-12-8-9-13-19(18)24(16(3)4)14-17-10-6-5-7-11-17/h5-7,10-11,15-16,18-20H,8-9,12-14,22H2,1-4H3,(H,23,25)/t18-,19-,20-/m0/s1. The molecular formula is C21H35N3O. The molecule has 3 atom stereocenters. The zero-order valence-electron chi connectivity index (χ0n) is 16.2. The highest BCUT2D eigenvalue weighted by Gasteiger charge is 2.33. The molecule has 0 saturated heterocycles. The third-order valence-corrected chi connectivity index (χ3v) is 5.38. The van der Waals surface area contributed by atoms with Gasteiger partial charge in [0.25, 0.3) is 0 Å². The van der Waals surface area contributed by atoms with E-state index in [2.05, 4.69) is 54.4 Å². The first-order valence-corrected chi connectivity index (χ1v) is 9.75. The molecule has 0 heterocycles. The number of benzene rings is 1. The van der Waals surface area contributed by atoms with Crippen LogP contribution in [0, 0.1) is 5.92 Å². The molecule has 0 radical (unpaired) electrons. The molecule has 0 aromatic heterocycles. The molecule has 1 fully saturated rings. The van der Waals surface area contributed by atoms with Crippen LogP contribution in [0.2, 0.25) is 0 Å². The monoisotopic (exact) mass is 345 g/mol. The van der Waals surface area contributed by atoms with Gasteiger partial charge in [-0.15, -0.1) is 0 Å². The summed E-state index contributed by atoms with van der Waals surface area (Å²) in [5.41, 5.74) is 7.38. The summed E-state index contributed by atoms with van der Waals surface area (Å²) in [6, 6.07) is 11.2. The number of hydrogen-bond donors (Lipinski definition) is 2. The second-order valence-electron chi connectivity index (χ2n) is 7.99. The van der Waals surface area contributed by atoms with E-state index in [0.29, 0.717) is 12.1 Å². The van der Waals surface area contributed by atoms with Gasteiger partial charge in [-0.3, -0.25) is 9.69 Å². The normalized spacial score (nSPS) is 22.4. The predicted molar refractivity (Wildman–Crippen MR) is 104 cm³/mol. The lowest BCUT2D eigenvalue weighted by Crippen LogP contribution is -2.57. The molecule has 0 spiro atoms. The number of carbonyl (C=O) groups excluding carboxylic acids is 1. The molecule has 1 aromatic rings. The second kappa shape index (κ2) is 9.35. The van der Waals surface area contributed by atoms with Gasteiger partial charge in [-0.1, -0.05) is 57.0 Å². The van der Waals surface area contributed by atoms with E-state index < -0.39 is 6.04 Å². The van der Waals surface area contributed by atoms with Gasteiger partial charge in [-0.05, 0) is 38.2 Å². The van der Waals surface area contributed by atoms with Crippen molar-refractivity contribution in [3.8, 4) is 0 Å². The van der Waals surface area contributed by atoms with Crippen molar-refractivity contribution >= 4 is 5.91 Å². The van der Waals surface area contributed by atoms with Crippen molar-refractivity contribution in [2.45, 2.75) is 84.1 Å².